The van der Waals surface area contributed by atoms with E-state index in [1.54, 1.807) is 47.7 Å². The zero-order valence-corrected chi connectivity index (χ0v) is 19.2. The monoisotopic (exact) mass is 481 g/mol. The Balaban J connectivity index is 1.52. The van der Waals surface area contributed by atoms with Crippen LogP contribution in [0.25, 0.3) is 11.8 Å². The van der Waals surface area contributed by atoms with Crippen molar-refractivity contribution in [1.29, 1.82) is 5.26 Å². The molecule has 35 heavy (non-hydrogen) atoms. The van der Waals surface area contributed by atoms with E-state index in [0.717, 1.165) is 9.78 Å². The van der Waals surface area contributed by atoms with Gasteiger partial charge in [0.05, 0.1) is 35.1 Å². The van der Waals surface area contributed by atoms with Crippen molar-refractivity contribution >= 4 is 29.4 Å². The maximum Gasteiger partial charge on any atom is 0.329 e. The lowest BCUT2D eigenvalue weighted by Gasteiger charge is -2.12. The molecule has 2 aromatic heterocycles. The van der Waals surface area contributed by atoms with Crippen molar-refractivity contribution in [1.82, 2.24) is 20.0 Å². The molecule has 9 heteroatoms. The van der Waals surface area contributed by atoms with Gasteiger partial charge in [0.15, 0.2) is 0 Å². The Hall–Kier alpha value is -4.68. The maximum absolute atomic E-state index is 13.4. The molecule has 1 saturated heterocycles. The minimum Gasteiger partial charge on any atom is -0.303 e. The molecule has 172 valence electrons. The van der Waals surface area contributed by atoms with Crippen LogP contribution < -0.4 is 10.9 Å². The summed E-state index contributed by atoms with van der Waals surface area (Å²) in [4.78, 5) is 41.2. The second-order valence-electron chi connectivity index (χ2n) is 7.88. The van der Waals surface area contributed by atoms with E-state index in [9.17, 15) is 19.6 Å². The molecule has 1 fully saturated rings. The number of H-pyrrole nitrogens is 1. The van der Waals surface area contributed by atoms with E-state index in [1.165, 1.54) is 10.8 Å². The number of nitriles is 1. The van der Waals surface area contributed by atoms with E-state index in [1.807, 2.05) is 35.7 Å². The quantitative estimate of drug-likeness (QED) is 0.322. The summed E-state index contributed by atoms with van der Waals surface area (Å²) in [7, 11) is 0. The lowest BCUT2D eigenvalue weighted by Crippen LogP contribution is -2.30. The van der Waals surface area contributed by atoms with Gasteiger partial charge in [-0.1, -0.05) is 42.5 Å². The van der Waals surface area contributed by atoms with Crippen LogP contribution in [0.5, 0.6) is 0 Å². The van der Waals surface area contributed by atoms with Crippen molar-refractivity contribution in [2.24, 2.45) is 0 Å². The first-order valence-electron chi connectivity index (χ1n) is 10.8. The Bertz CT molecular complexity index is 1540. The van der Waals surface area contributed by atoms with Gasteiger partial charge < -0.3 is 5.32 Å². The summed E-state index contributed by atoms with van der Waals surface area (Å²) in [5.74, 6) is -0.559. The number of aromatic amines is 1. The fraction of sp³-hybridized carbons (Fsp3) is 0.0769. The Labute approximate surface area is 204 Å². The molecule has 0 atom stereocenters. The number of amides is 3. The summed E-state index contributed by atoms with van der Waals surface area (Å²) >= 11 is 1.56. The van der Waals surface area contributed by atoms with Gasteiger partial charge in [0, 0.05) is 11.3 Å². The van der Waals surface area contributed by atoms with E-state index >= 15 is 0 Å². The van der Waals surface area contributed by atoms with E-state index in [0.29, 0.717) is 34.5 Å². The topological polar surface area (TPSA) is 111 Å². The van der Waals surface area contributed by atoms with Gasteiger partial charge in [-0.05, 0) is 41.3 Å². The molecule has 2 aromatic carbocycles. The highest BCUT2D eigenvalue weighted by Gasteiger charge is 2.34. The molecule has 0 radical (unpaired) electrons. The molecule has 1 aliphatic heterocycles. The van der Waals surface area contributed by atoms with Gasteiger partial charge in [0.25, 0.3) is 11.5 Å². The fourth-order valence-electron chi connectivity index (χ4n) is 3.92. The lowest BCUT2D eigenvalue weighted by atomic mass is 10.1. The number of hydrogen-bond donors (Lipinski definition) is 2. The van der Waals surface area contributed by atoms with Gasteiger partial charge in [0.2, 0.25) is 0 Å². The van der Waals surface area contributed by atoms with Crippen LogP contribution in [0, 0.1) is 11.3 Å². The molecular formula is C26H19N5O3S. The number of aromatic nitrogens is 2. The number of benzene rings is 2. The van der Waals surface area contributed by atoms with Crippen molar-refractivity contribution < 1.29 is 9.59 Å². The maximum atomic E-state index is 13.4. The minimum atomic E-state index is -0.604. The molecule has 3 amide bonds. The molecule has 0 unspecified atom stereocenters. The second kappa shape index (κ2) is 9.29. The lowest BCUT2D eigenvalue weighted by molar-refractivity contribution is -0.123. The van der Waals surface area contributed by atoms with Crippen molar-refractivity contribution in [3.8, 4) is 11.8 Å². The zero-order chi connectivity index (χ0) is 24.4. The van der Waals surface area contributed by atoms with Crippen molar-refractivity contribution in [2.45, 2.75) is 13.0 Å². The third-order valence-electron chi connectivity index (χ3n) is 5.67. The zero-order valence-electron chi connectivity index (χ0n) is 18.4. The molecule has 0 saturated carbocycles. The van der Waals surface area contributed by atoms with Crippen LogP contribution in [0.3, 0.4) is 0 Å². The van der Waals surface area contributed by atoms with Crippen LogP contribution in [0.15, 0.2) is 82.6 Å². The predicted molar refractivity (Wildman–Crippen MR) is 132 cm³/mol. The number of rotatable bonds is 6. The van der Waals surface area contributed by atoms with E-state index in [2.05, 4.69) is 16.5 Å². The smallest absolute Gasteiger partial charge is 0.303 e. The number of para-hydroxylation sites is 1. The molecule has 0 aliphatic carbocycles. The summed E-state index contributed by atoms with van der Waals surface area (Å²) in [6, 6.07) is 21.3. The first kappa shape index (κ1) is 22.1. The molecule has 2 N–H and O–H groups in total. The second-order valence-corrected chi connectivity index (χ2v) is 8.92. The predicted octanol–water partition coefficient (Wildman–Crippen LogP) is 3.78. The first-order chi connectivity index (χ1) is 17.0. The molecular weight excluding hydrogens is 462 g/mol. The standard InChI is InChI=1S/C26H19N5O3S/c27-15-17-7-4-5-8-18(17)16-30-25(33)23(28-26(30)34)14-21-22(13-20-11-6-12-35-20)29-31(24(21)32)19-9-2-1-3-10-19/h1-12,14,29H,13,16H2,(H,28,34)/b23-14-. The summed E-state index contributed by atoms with van der Waals surface area (Å²) in [5, 5.41) is 17.0. The minimum absolute atomic E-state index is 0.00757. The fourth-order valence-corrected chi connectivity index (χ4v) is 4.64. The van der Waals surface area contributed by atoms with Crippen molar-refractivity contribution in [3.05, 3.63) is 115 Å². The van der Waals surface area contributed by atoms with Crippen LogP contribution in [-0.4, -0.2) is 26.6 Å². The summed E-state index contributed by atoms with van der Waals surface area (Å²) in [6.45, 7) is -0.0465. The van der Waals surface area contributed by atoms with Crippen molar-refractivity contribution in [3.63, 3.8) is 0 Å². The molecule has 3 heterocycles. The number of thiophene rings is 1. The molecule has 4 aromatic rings. The van der Waals surface area contributed by atoms with Gasteiger partial charge in [-0.2, -0.15) is 5.26 Å². The van der Waals surface area contributed by atoms with E-state index < -0.39 is 11.9 Å². The van der Waals surface area contributed by atoms with Crippen LogP contribution in [0.1, 0.15) is 27.3 Å². The van der Waals surface area contributed by atoms with E-state index in [-0.39, 0.29) is 17.8 Å². The van der Waals surface area contributed by atoms with Crippen molar-refractivity contribution in [2.75, 3.05) is 0 Å². The Morgan fingerprint density at radius 3 is 2.49 bits per heavy atom. The largest absolute Gasteiger partial charge is 0.329 e. The molecule has 5 rings (SSSR count). The highest BCUT2D eigenvalue weighted by Crippen LogP contribution is 2.21. The first-order valence-corrected chi connectivity index (χ1v) is 11.7. The molecule has 8 nitrogen and oxygen atoms in total. The number of nitrogens with zero attached hydrogens (tertiary/aromatic N) is 3. The van der Waals surface area contributed by atoms with Crippen LogP contribution in [0.2, 0.25) is 0 Å². The van der Waals surface area contributed by atoms with Gasteiger partial charge in [-0.25, -0.2) is 9.48 Å². The third-order valence-corrected chi connectivity index (χ3v) is 6.54. The number of hydrogen-bond acceptors (Lipinski definition) is 5. The van der Waals surface area contributed by atoms with Crippen LogP contribution in [0.4, 0.5) is 4.79 Å². The summed E-state index contributed by atoms with van der Waals surface area (Å²) in [5.41, 5.74) is 2.21. The normalized spacial score (nSPS) is 14.4. The Morgan fingerprint density at radius 1 is 0.971 bits per heavy atom. The van der Waals surface area contributed by atoms with Gasteiger partial charge in [-0.3, -0.25) is 19.6 Å². The third kappa shape index (κ3) is 4.30. The Kier molecular flexibility index (Phi) is 5.87. The Morgan fingerprint density at radius 2 is 1.74 bits per heavy atom. The molecule has 1 aliphatic rings. The molecule has 0 bridgehead atoms. The number of urea groups is 1. The highest BCUT2D eigenvalue weighted by atomic mass is 32.1. The summed E-state index contributed by atoms with van der Waals surface area (Å²) in [6.07, 6.45) is 1.89. The molecule has 0 spiro atoms. The summed E-state index contributed by atoms with van der Waals surface area (Å²) < 4.78 is 1.43. The van der Waals surface area contributed by atoms with Gasteiger partial charge in [0.1, 0.15) is 5.70 Å². The number of carbonyl (C=O) groups excluding carboxylic acids is 2. The SMILES string of the molecule is N#Cc1ccccc1CN1C(=O)N/C(=C\c2c(Cc3cccs3)[nH]n(-c3ccccc3)c2=O)C1=O. The number of carbonyl (C=O) groups is 2. The van der Waals surface area contributed by atoms with Gasteiger partial charge in [-0.15, -0.1) is 11.3 Å². The van der Waals surface area contributed by atoms with Crippen LogP contribution in [-0.2, 0) is 17.8 Å². The number of imide groups is 1. The highest BCUT2D eigenvalue weighted by molar-refractivity contribution is 7.09. The average molecular weight is 482 g/mol. The van der Waals surface area contributed by atoms with Gasteiger partial charge >= 0.3 is 6.03 Å². The van der Waals surface area contributed by atoms with E-state index in [4.69, 9.17) is 0 Å². The van der Waals surface area contributed by atoms with Crippen LogP contribution >= 0.6 is 11.3 Å². The average Bonchev–Trinajstić information content (AvgIpc) is 3.57. The number of nitrogens with one attached hydrogen (secondary N) is 2.